The fourth-order valence-corrected chi connectivity index (χ4v) is 1.87. The molecule has 0 radical (unpaired) electrons. The molecule has 1 fully saturated rings. The first-order valence-electron chi connectivity index (χ1n) is 5.31. The normalized spacial score (nSPS) is 21.9. The Hall–Kier alpha value is -1.55. The Morgan fingerprint density at radius 1 is 1.50 bits per heavy atom. The molecule has 1 atom stereocenters. The van der Waals surface area contributed by atoms with Crippen LogP contribution in [0.4, 0.5) is 0 Å². The van der Waals surface area contributed by atoms with Crippen molar-refractivity contribution < 1.29 is 14.6 Å². The number of aromatic hydroxyl groups is 1. The summed E-state index contributed by atoms with van der Waals surface area (Å²) in [6.07, 6.45) is 0.422. The molecular formula is C12H15NO3. The quantitative estimate of drug-likeness (QED) is 0.778. The number of carbonyl (C=O) groups is 1. The van der Waals surface area contributed by atoms with Crippen molar-refractivity contribution in [1.82, 2.24) is 4.90 Å². The number of hydrogen-bond donors (Lipinski definition) is 1. The van der Waals surface area contributed by atoms with Crippen molar-refractivity contribution in [2.75, 3.05) is 20.3 Å². The van der Waals surface area contributed by atoms with E-state index in [9.17, 15) is 9.90 Å². The molecule has 1 aromatic rings. The molecule has 0 aliphatic carbocycles. The van der Waals surface area contributed by atoms with Crippen LogP contribution in [0.15, 0.2) is 24.3 Å². The fraction of sp³-hybridized carbons (Fsp3) is 0.417. The largest absolute Gasteiger partial charge is 0.508 e. The first-order valence-corrected chi connectivity index (χ1v) is 5.31. The molecule has 0 aromatic heterocycles. The van der Waals surface area contributed by atoms with Crippen molar-refractivity contribution >= 4 is 5.91 Å². The van der Waals surface area contributed by atoms with Crippen LogP contribution >= 0.6 is 0 Å². The third kappa shape index (κ3) is 2.17. The van der Waals surface area contributed by atoms with Crippen molar-refractivity contribution in [1.29, 1.82) is 0 Å². The van der Waals surface area contributed by atoms with Gasteiger partial charge < -0.3 is 14.7 Å². The molecule has 2 rings (SSSR count). The Kier molecular flexibility index (Phi) is 3.10. The molecule has 1 unspecified atom stereocenters. The van der Waals surface area contributed by atoms with Crippen LogP contribution in [-0.4, -0.2) is 36.2 Å². The van der Waals surface area contributed by atoms with Gasteiger partial charge in [-0.15, -0.1) is 0 Å². The number of phenolic OH excluding ortho intramolecular Hbond substituents is 1. The molecule has 0 bridgehead atoms. The van der Waals surface area contributed by atoms with Crippen LogP contribution in [0.1, 0.15) is 18.0 Å². The number of rotatable bonds is 1. The highest BCUT2D eigenvalue weighted by atomic mass is 16.5. The zero-order valence-corrected chi connectivity index (χ0v) is 9.22. The summed E-state index contributed by atoms with van der Waals surface area (Å²) >= 11 is 0. The van der Waals surface area contributed by atoms with E-state index in [1.54, 1.807) is 30.1 Å². The number of hydrogen-bond acceptors (Lipinski definition) is 3. The van der Waals surface area contributed by atoms with E-state index in [1.807, 2.05) is 6.07 Å². The maximum atomic E-state index is 11.7. The maximum absolute atomic E-state index is 11.7. The minimum absolute atomic E-state index is 0.0749. The van der Waals surface area contributed by atoms with E-state index < -0.39 is 0 Å². The topological polar surface area (TPSA) is 49.8 Å². The lowest BCUT2D eigenvalue weighted by Crippen LogP contribution is -2.31. The molecule has 86 valence electrons. The monoisotopic (exact) mass is 221 g/mol. The minimum Gasteiger partial charge on any atom is -0.508 e. The van der Waals surface area contributed by atoms with Crippen LogP contribution in [-0.2, 0) is 9.53 Å². The van der Waals surface area contributed by atoms with Gasteiger partial charge in [0.05, 0.1) is 25.7 Å². The Balaban J connectivity index is 2.27. The highest BCUT2D eigenvalue weighted by Gasteiger charge is 2.24. The lowest BCUT2D eigenvalue weighted by Gasteiger charge is -2.25. The van der Waals surface area contributed by atoms with Crippen molar-refractivity contribution in [2.24, 2.45) is 0 Å². The number of benzene rings is 1. The van der Waals surface area contributed by atoms with Crippen LogP contribution in [0.25, 0.3) is 0 Å². The van der Waals surface area contributed by atoms with Gasteiger partial charge in [-0.2, -0.15) is 0 Å². The second-order valence-electron chi connectivity index (χ2n) is 3.94. The number of carbonyl (C=O) groups excluding carboxylic acids is 1. The van der Waals surface area contributed by atoms with Crippen molar-refractivity contribution in [2.45, 2.75) is 12.5 Å². The number of nitrogens with zero attached hydrogens (tertiary/aromatic N) is 1. The van der Waals surface area contributed by atoms with E-state index in [1.165, 1.54) is 0 Å². The molecule has 16 heavy (non-hydrogen) atoms. The molecule has 1 aliphatic heterocycles. The summed E-state index contributed by atoms with van der Waals surface area (Å²) in [5.41, 5.74) is 0.901. The van der Waals surface area contributed by atoms with Crippen molar-refractivity contribution in [3.05, 3.63) is 29.8 Å². The molecule has 1 amide bonds. The van der Waals surface area contributed by atoms with E-state index in [-0.39, 0.29) is 17.7 Å². The molecule has 1 aromatic carbocycles. The van der Waals surface area contributed by atoms with Crippen molar-refractivity contribution in [3.63, 3.8) is 0 Å². The second kappa shape index (κ2) is 4.53. The number of ether oxygens (including phenoxy) is 1. The standard InChI is InChI=1S/C12H15NO3/c1-13-11(8-16-6-5-12(13)15)9-3-2-4-10(14)7-9/h2-4,7,11,14H,5-6,8H2,1H3. The van der Waals surface area contributed by atoms with Gasteiger partial charge in [0.1, 0.15) is 5.75 Å². The Morgan fingerprint density at radius 3 is 3.06 bits per heavy atom. The summed E-state index contributed by atoms with van der Waals surface area (Å²) in [7, 11) is 1.77. The zero-order valence-electron chi connectivity index (χ0n) is 9.22. The van der Waals surface area contributed by atoms with E-state index in [0.29, 0.717) is 19.6 Å². The average Bonchev–Trinajstić information content (AvgIpc) is 2.42. The lowest BCUT2D eigenvalue weighted by atomic mass is 10.1. The van der Waals surface area contributed by atoms with E-state index in [4.69, 9.17) is 4.74 Å². The molecule has 4 heteroatoms. The van der Waals surface area contributed by atoms with Gasteiger partial charge in [-0.05, 0) is 17.7 Å². The predicted octanol–water partition coefficient (Wildman–Crippen LogP) is 1.31. The number of likely N-dealkylation sites (N-methyl/N-ethyl adjacent to an activating group) is 1. The second-order valence-corrected chi connectivity index (χ2v) is 3.94. The van der Waals surface area contributed by atoms with Gasteiger partial charge in [-0.1, -0.05) is 12.1 Å². The lowest BCUT2D eigenvalue weighted by molar-refractivity contribution is -0.131. The number of amides is 1. The molecule has 1 saturated heterocycles. The molecular weight excluding hydrogens is 206 g/mol. The van der Waals surface area contributed by atoms with Gasteiger partial charge in [-0.3, -0.25) is 4.79 Å². The van der Waals surface area contributed by atoms with Crippen LogP contribution in [0.5, 0.6) is 5.75 Å². The summed E-state index contributed by atoms with van der Waals surface area (Å²) in [6.45, 7) is 0.949. The summed E-state index contributed by atoms with van der Waals surface area (Å²) in [4.78, 5) is 13.3. The first-order chi connectivity index (χ1) is 7.68. The van der Waals surface area contributed by atoms with Gasteiger partial charge in [0.2, 0.25) is 5.91 Å². The first kappa shape index (κ1) is 11.0. The smallest absolute Gasteiger partial charge is 0.225 e. The molecule has 4 nitrogen and oxygen atoms in total. The molecule has 1 aliphatic rings. The summed E-state index contributed by atoms with van der Waals surface area (Å²) in [6, 6.07) is 6.84. The van der Waals surface area contributed by atoms with Gasteiger partial charge in [-0.25, -0.2) is 0 Å². The van der Waals surface area contributed by atoms with Crippen LogP contribution in [0.3, 0.4) is 0 Å². The Bertz CT molecular complexity index is 392. The fourth-order valence-electron chi connectivity index (χ4n) is 1.87. The highest BCUT2D eigenvalue weighted by molar-refractivity contribution is 5.76. The van der Waals surface area contributed by atoms with Crippen LogP contribution < -0.4 is 0 Å². The third-order valence-corrected chi connectivity index (χ3v) is 2.85. The molecule has 1 N–H and O–H groups in total. The summed E-state index contributed by atoms with van der Waals surface area (Å²) < 4.78 is 5.40. The highest BCUT2D eigenvalue weighted by Crippen LogP contribution is 2.25. The van der Waals surface area contributed by atoms with Crippen LogP contribution in [0, 0.1) is 0 Å². The molecule has 1 heterocycles. The number of phenols is 1. The third-order valence-electron chi connectivity index (χ3n) is 2.85. The predicted molar refractivity (Wildman–Crippen MR) is 59.1 cm³/mol. The Labute approximate surface area is 94.4 Å². The average molecular weight is 221 g/mol. The minimum atomic E-state index is -0.109. The van der Waals surface area contributed by atoms with Gasteiger partial charge >= 0.3 is 0 Å². The van der Waals surface area contributed by atoms with Gasteiger partial charge in [0.15, 0.2) is 0 Å². The van der Waals surface area contributed by atoms with Gasteiger partial charge in [0.25, 0.3) is 0 Å². The zero-order chi connectivity index (χ0) is 11.5. The van der Waals surface area contributed by atoms with Crippen LogP contribution in [0.2, 0.25) is 0 Å². The Morgan fingerprint density at radius 2 is 2.31 bits per heavy atom. The summed E-state index contributed by atoms with van der Waals surface area (Å²) in [5.74, 6) is 0.286. The molecule has 0 saturated carbocycles. The van der Waals surface area contributed by atoms with Crippen molar-refractivity contribution in [3.8, 4) is 5.75 Å². The summed E-state index contributed by atoms with van der Waals surface area (Å²) in [5, 5.41) is 9.42. The van der Waals surface area contributed by atoms with E-state index >= 15 is 0 Å². The van der Waals surface area contributed by atoms with E-state index in [0.717, 1.165) is 5.56 Å². The van der Waals surface area contributed by atoms with E-state index in [2.05, 4.69) is 0 Å². The SMILES string of the molecule is CN1C(=O)CCOCC1c1cccc(O)c1. The maximum Gasteiger partial charge on any atom is 0.225 e. The molecule has 0 spiro atoms. The van der Waals surface area contributed by atoms with Gasteiger partial charge in [0, 0.05) is 7.05 Å².